The van der Waals surface area contributed by atoms with E-state index in [0.29, 0.717) is 6.61 Å². The van der Waals surface area contributed by atoms with Gasteiger partial charge in [0.25, 0.3) is 0 Å². The Balaban J connectivity index is 1.88. The Morgan fingerprint density at radius 3 is 2.74 bits per heavy atom. The van der Waals surface area contributed by atoms with Crippen molar-refractivity contribution < 1.29 is 4.74 Å². The highest BCUT2D eigenvalue weighted by Gasteiger charge is 2.10. The summed E-state index contributed by atoms with van der Waals surface area (Å²) in [5.74, 6) is 0.934. The normalized spacial score (nSPS) is 10.7. The number of ether oxygens (including phenoxy) is 1. The molecule has 0 unspecified atom stereocenters. The Hall–Kier alpha value is -1.29. The van der Waals surface area contributed by atoms with Crippen molar-refractivity contribution >= 4 is 38.9 Å². The second-order valence-corrected chi connectivity index (χ2v) is 7.60. The average molecular weight is 408 g/mol. The molecule has 0 aliphatic rings. The van der Waals surface area contributed by atoms with Crippen molar-refractivity contribution in [1.29, 1.82) is 0 Å². The van der Waals surface area contributed by atoms with Gasteiger partial charge in [-0.1, -0.05) is 39.7 Å². The van der Waals surface area contributed by atoms with Gasteiger partial charge in [-0.3, -0.25) is 0 Å². The molecule has 0 spiro atoms. The monoisotopic (exact) mass is 406 g/mol. The van der Waals surface area contributed by atoms with E-state index in [1.54, 1.807) is 11.3 Å². The molecule has 0 saturated heterocycles. The largest absolute Gasteiger partial charge is 0.493 e. The van der Waals surface area contributed by atoms with Crippen molar-refractivity contribution in [3.8, 4) is 16.2 Å². The summed E-state index contributed by atoms with van der Waals surface area (Å²) < 4.78 is 6.78. The van der Waals surface area contributed by atoms with Crippen molar-refractivity contribution in [2.75, 3.05) is 6.61 Å². The van der Waals surface area contributed by atoms with Gasteiger partial charge >= 0.3 is 0 Å². The van der Waals surface area contributed by atoms with Crippen LogP contribution < -0.4 is 4.74 Å². The van der Waals surface area contributed by atoms with Crippen LogP contribution in [0.3, 0.4) is 0 Å². The van der Waals surface area contributed by atoms with Crippen molar-refractivity contribution in [2.45, 2.75) is 13.3 Å². The van der Waals surface area contributed by atoms with Gasteiger partial charge in [0.2, 0.25) is 0 Å². The molecule has 0 amide bonds. The van der Waals surface area contributed by atoms with Crippen molar-refractivity contribution in [2.24, 2.45) is 0 Å². The van der Waals surface area contributed by atoms with Crippen LogP contribution in [-0.2, 0) is 6.42 Å². The van der Waals surface area contributed by atoms with E-state index in [0.717, 1.165) is 32.8 Å². The zero-order chi connectivity index (χ0) is 16.2. The first-order valence-electron chi connectivity index (χ1n) is 7.42. The summed E-state index contributed by atoms with van der Waals surface area (Å²) >= 11 is 11.6. The summed E-state index contributed by atoms with van der Waals surface area (Å²) in [5.41, 5.74) is 2.28. The first-order chi connectivity index (χ1) is 11.2. The third kappa shape index (κ3) is 3.97. The number of para-hydroxylation sites is 1. The molecule has 0 aliphatic heterocycles. The number of hydrogen-bond donors (Lipinski definition) is 0. The van der Waals surface area contributed by atoms with Crippen LogP contribution in [-0.4, -0.2) is 6.61 Å². The molecule has 0 fully saturated rings. The van der Waals surface area contributed by atoms with E-state index in [9.17, 15) is 0 Å². The van der Waals surface area contributed by atoms with Crippen molar-refractivity contribution in [3.63, 3.8) is 0 Å². The molecule has 0 bridgehead atoms. The van der Waals surface area contributed by atoms with Gasteiger partial charge in [0.1, 0.15) is 5.75 Å². The minimum atomic E-state index is 0.670. The number of benzene rings is 2. The molecule has 2 aromatic carbocycles. The Morgan fingerprint density at radius 1 is 1.09 bits per heavy atom. The van der Waals surface area contributed by atoms with E-state index in [-0.39, 0.29) is 0 Å². The molecule has 4 heteroatoms. The standard InChI is InChI=1S/C19H16BrClOS/c1-2-22-18-6-4-3-5-16(18)19-10-8-15(23-19)12-13-11-14(20)7-9-17(13)21/h3-11H,2,12H2,1H3. The van der Waals surface area contributed by atoms with E-state index in [2.05, 4.69) is 40.2 Å². The summed E-state index contributed by atoms with van der Waals surface area (Å²) in [7, 11) is 0. The van der Waals surface area contributed by atoms with Gasteiger partial charge in [0.05, 0.1) is 6.61 Å². The smallest absolute Gasteiger partial charge is 0.127 e. The molecule has 0 aliphatic carbocycles. The number of halogens is 2. The van der Waals surface area contributed by atoms with Crippen LogP contribution >= 0.6 is 38.9 Å². The molecule has 0 radical (unpaired) electrons. The van der Waals surface area contributed by atoms with E-state index in [1.165, 1.54) is 9.75 Å². The SMILES string of the molecule is CCOc1ccccc1-c1ccc(Cc2cc(Br)ccc2Cl)s1. The number of hydrogen-bond acceptors (Lipinski definition) is 2. The molecule has 1 aromatic heterocycles. The molecule has 118 valence electrons. The van der Waals surface area contributed by atoms with Crippen LogP contribution in [0, 0.1) is 0 Å². The zero-order valence-electron chi connectivity index (χ0n) is 12.7. The summed E-state index contributed by atoms with van der Waals surface area (Å²) in [6.07, 6.45) is 0.833. The predicted molar refractivity (Wildman–Crippen MR) is 103 cm³/mol. The summed E-state index contributed by atoms with van der Waals surface area (Å²) in [5, 5.41) is 0.804. The molecule has 0 saturated carbocycles. The summed E-state index contributed by atoms with van der Waals surface area (Å²) in [6.45, 7) is 2.68. The lowest BCUT2D eigenvalue weighted by molar-refractivity contribution is 0.341. The highest BCUT2D eigenvalue weighted by Crippen LogP contribution is 2.36. The lowest BCUT2D eigenvalue weighted by atomic mass is 10.1. The van der Waals surface area contributed by atoms with Crippen LogP contribution in [0.4, 0.5) is 0 Å². The molecule has 0 N–H and O–H groups in total. The van der Waals surface area contributed by atoms with E-state index < -0.39 is 0 Å². The fourth-order valence-corrected chi connectivity index (χ4v) is 4.09. The lowest BCUT2D eigenvalue weighted by Crippen LogP contribution is -1.92. The summed E-state index contributed by atoms with van der Waals surface area (Å²) in [6, 6.07) is 18.5. The van der Waals surface area contributed by atoms with E-state index in [1.807, 2.05) is 37.3 Å². The third-order valence-electron chi connectivity index (χ3n) is 3.49. The molecule has 1 nitrogen and oxygen atoms in total. The van der Waals surface area contributed by atoms with Crippen molar-refractivity contribution in [3.05, 3.63) is 74.5 Å². The van der Waals surface area contributed by atoms with E-state index in [4.69, 9.17) is 16.3 Å². The van der Waals surface area contributed by atoms with Gasteiger partial charge in [0, 0.05) is 31.2 Å². The van der Waals surface area contributed by atoms with E-state index >= 15 is 0 Å². The highest BCUT2D eigenvalue weighted by atomic mass is 79.9. The Kier molecular flexibility index (Phi) is 5.42. The Bertz CT molecular complexity index is 813. The minimum Gasteiger partial charge on any atom is -0.493 e. The van der Waals surface area contributed by atoms with Gasteiger partial charge in [-0.15, -0.1) is 11.3 Å². The maximum absolute atomic E-state index is 6.30. The predicted octanol–water partition coefficient (Wildman–Crippen LogP) is 6.82. The average Bonchev–Trinajstić information content (AvgIpc) is 3.00. The van der Waals surface area contributed by atoms with Gasteiger partial charge in [-0.2, -0.15) is 0 Å². The van der Waals surface area contributed by atoms with Crippen molar-refractivity contribution in [1.82, 2.24) is 0 Å². The molecule has 3 rings (SSSR count). The molecular weight excluding hydrogens is 392 g/mol. The second kappa shape index (κ2) is 7.52. The third-order valence-corrected chi connectivity index (χ3v) is 5.47. The molecule has 3 aromatic rings. The van der Waals surface area contributed by atoms with Crippen LogP contribution in [0.2, 0.25) is 5.02 Å². The van der Waals surface area contributed by atoms with Gasteiger partial charge in [-0.25, -0.2) is 0 Å². The fraction of sp³-hybridized carbons (Fsp3) is 0.158. The second-order valence-electron chi connectivity index (χ2n) is 5.11. The van der Waals surface area contributed by atoms with Gasteiger partial charge < -0.3 is 4.74 Å². The van der Waals surface area contributed by atoms with Gasteiger partial charge in [0.15, 0.2) is 0 Å². The van der Waals surface area contributed by atoms with Crippen LogP contribution in [0.1, 0.15) is 17.4 Å². The molecule has 0 atom stereocenters. The minimum absolute atomic E-state index is 0.670. The zero-order valence-corrected chi connectivity index (χ0v) is 15.8. The first kappa shape index (κ1) is 16.6. The Labute approximate surface area is 154 Å². The topological polar surface area (TPSA) is 9.23 Å². The molecular formula is C19H16BrClOS. The molecule has 1 heterocycles. The van der Waals surface area contributed by atoms with Crippen LogP contribution in [0.5, 0.6) is 5.75 Å². The fourth-order valence-electron chi connectivity index (χ4n) is 2.44. The molecule has 23 heavy (non-hydrogen) atoms. The maximum Gasteiger partial charge on any atom is 0.127 e. The quantitative estimate of drug-likeness (QED) is 0.451. The first-order valence-corrected chi connectivity index (χ1v) is 9.41. The highest BCUT2D eigenvalue weighted by molar-refractivity contribution is 9.10. The van der Waals surface area contributed by atoms with Gasteiger partial charge in [-0.05, 0) is 55.0 Å². The lowest BCUT2D eigenvalue weighted by Gasteiger charge is -2.08. The van der Waals surface area contributed by atoms with Crippen LogP contribution in [0.15, 0.2) is 59.1 Å². The summed E-state index contributed by atoms with van der Waals surface area (Å²) in [4.78, 5) is 2.50. The maximum atomic E-state index is 6.30. The Morgan fingerprint density at radius 2 is 1.91 bits per heavy atom. The number of rotatable bonds is 5. The van der Waals surface area contributed by atoms with Crippen LogP contribution in [0.25, 0.3) is 10.4 Å². The number of thiophene rings is 1.